The van der Waals surface area contributed by atoms with Gasteiger partial charge in [-0.25, -0.2) is 0 Å². The number of carbonyl (C=O) groups is 3. The molecule has 8 nitrogen and oxygen atoms in total. The highest BCUT2D eigenvalue weighted by Crippen LogP contribution is 2.31. The molecule has 0 spiro atoms. The molecular formula is C20H17Cl2N5O3. The number of aromatic nitrogens is 3. The molecule has 0 aliphatic carbocycles. The van der Waals surface area contributed by atoms with E-state index in [9.17, 15) is 14.4 Å². The highest BCUT2D eigenvalue weighted by molar-refractivity contribution is 6.43. The Morgan fingerprint density at radius 3 is 2.40 bits per heavy atom. The first-order valence-corrected chi connectivity index (χ1v) is 10.1. The number of pyridine rings is 1. The zero-order valence-electron chi connectivity index (χ0n) is 15.9. The van der Waals surface area contributed by atoms with Gasteiger partial charge in [0.15, 0.2) is 11.5 Å². The van der Waals surface area contributed by atoms with E-state index < -0.39 is 30.3 Å². The smallest absolute Gasteiger partial charge is 0.262 e. The third kappa shape index (κ3) is 3.53. The van der Waals surface area contributed by atoms with E-state index in [0.29, 0.717) is 17.9 Å². The van der Waals surface area contributed by atoms with Gasteiger partial charge in [0, 0.05) is 6.20 Å². The van der Waals surface area contributed by atoms with Crippen molar-refractivity contribution in [2.75, 3.05) is 6.54 Å². The summed E-state index contributed by atoms with van der Waals surface area (Å²) in [4.78, 5) is 38.8. The number of nitrogens with zero attached hydrogens (tertiary/aromatic N) is 4. The van der Waals surface area contributed by atoms with Crippen LogP contribution in [0.2, 0.25) is 10.0 Å². The number of nitrogens with one attached hydrogen (secondary N) is 1. The van der Waals surface area contributed by atoms with Gasteiger partial charge in [-0.05, 0) is 30.7 Å². The fraction of sp³-hybridized carbons (Fsp3) is 0.250. The average molecular weight is 446 g/mol. The van der Waals surface area contributed by atoms with E-state index in [2.05, 4.69) is 15.5 Å². The Morgan fingerprint density at radius 1 is 1.10 bits per heavy atom. The maximum atomic E-state index is 12.7. The predicted octanol–water partition coefficient (Wildman–Crippen LogP) is 3.29. The number of benzene rings is 1. The van der Waals surface area contributed by atoms with Crippen LogP contribution >= 0.6 is 23.2 Å². The summed E-state index contributed by atoms with van der Waals surface area (Å²) >= 11 is 11.9. The highest BCUT2D eigenvalue weighted by Gasteiger charge is 2.37. The first-order chi connectivity index (χ1) is 14.4. The van der Waals surface area contributed by atoms with Crippen LogP contribution in [0.3, 0.4) is 0 Å². The van der Waals surface area contributed by atoms with Crippen molar-refractivity contribution in [1.29, 1.82) is 0 Å². The van der Waals surface area contributed by atoms with Gasteiger partial charge >= 0.3 is 0 Å². The third-order valence-electron chi connectivity index (χ3n) is 4.88. The molecule has 1 unspecified atom stereocenters. The maximum absolute atomic E-state index is 12.7. The van der Waals surface area contributed by atoms with Gasteiger partial charge in [0.1, 0.15) is 6.54 Å². The second-order valence-electron chi connectivity index (χ2n) is 6.90. The quantitative estimate of drug-likeness (QED) is 0.587. The molecule has 4 rings (SSSR count). The molecule has 3 aromatic rings. The zero-order valence-corrected chi connectivity index (χ0v) is 17.4. The van der Waals surface area contributed by atoms with Crippen molar-refractivity contribution >= 4 is 46.6 Å². The van der Waals surface area contributed by atoms with Crippen LogP contribution in [0.25, 0.3) is 5.65 Å². The number of hydrogen-bond acceptors (Lipinski definition) is 5. The highest BCUT2D eigenvalue weighted by atomic mass is 35.5. The van der Waals surface area contributed by atoms with Gasteiger partial charge in [-0.15, -0.1) is 10.2 Å². The minimum atomic E-state index is -0.580. The lowest BCUT2D eigenvalue weighted by Crippen LogP contribution is -2.41. The van der Waals surface area contributed by atoms with Gasteiger partial charge in [-0.2, -0.15) is 0 Å². The Bertz CT molecular complexity index is 1140. The third-order valence-corrected chi connectivity index (χ3v) is 5.60. The molecule has 3 heterocycles. The van der Waals surface area contributed by atoms with Crippen LogP contribution in [0.15, 0.2) is 36.5 Å². The second-order valence-corrected chi connectivity index (χ2v) is 7.72. The van der Waals surface area contributed by atoms with Gasteiger partial charge in [-0.1, -0.05) is 42.6 Å². The van der Waals surface area contributed by atoms with E-state index in [4.69, 9.17) is 23.2 Å². The molecular weight excluding hydrogens is 429 g/mol. The molecule has 2 aromatic heterocycles. The van der Waals surface area contributed by atoms with Crippen LogP contribution in [0.5, 0.6) is 0 Å². The van der Waals surface area contributed by atoms with Gasteiger partial charge in [0.2, 0.25) is 5.91 Å². The van der Waals surface area contributed by atoms with Crippen molar-refractivity contribution in [3.05, 3.63) is 63.5 Å². The molecule has 0 saturated heterocycles. The summed E-state index contributed by atoms with van der Waals surface area (Å²) < 4.78 is 1.80. The van der Waals surface area contributed by atoms with E-state index in [1.807, 2.05) is 31.3 Å². The second kappa shape index (κ2) is 8.04. The summed E-state index contributed by atoms with van der Waals surface area (Å²) in [5.41, 5.74) is 0.934. The number of hydrogen-bond donors (Lipinski definition) is 1. The summed E-state index contributed by atoms with van der Waals surface area (Å²) in [6, 6.07) is 7.79. The van der Waals surface area contributed by atoms with Crippen molar-refractivity contribution in [1.82, 2.24) is 24.8 Å². The van der Waals surface area contributed by atoms with Crippen molar-refractivity contribution in [3.63, 3.8) is 0 Å². The van der Waals surface area contributed by atoms with E-state index >= 15 is 0 Å². The summed E-state index contributed by atoms with van der Waals surface area (Å²) in [6.45, 7) is 1.57. The number of imide groups is 1. The van der Waals surface area contributed by atoms with Crippen LogP contribution in [-0.2, 0) is 4.79 Å². The molecule has 3 amide bonds. The van der Waals surface area contributed by atoms with Crippen molar-refractivity contribution < 1.29 is 14.4 Å². The Morgan fingerprint density at radius 2 is 1.77 bits per heavy atom. The van der Waals surface area contributed by atoms with Gasteiger partial charge in [-0.3, -0.25) is 23.7 Å². The van der Waals surface area contributed by atoms with Crippen LogP contribution in [0, 0.1) is 0 Å². The summed E-state index contributed by atoms with van der Waals surface area (Å²) in [7, 11) is 0. The van der Waals surface area contributed by atoms with Crippen LogP contribution in [-0.4, -0.2) is 43.8 Å². The Balaban J connectivity index is 1.53. The topological polar surface area (TPSA) is 96.7 Å². The fourth-order valence-electron chi connectivity index (χ4n) is 3.46. The number of halogens is 2. The summed E-state index contributed by atoms with van der Waals surface area (Å²) in [5.74, 6) is -1.05. The lowest BCUT2D eigenvalue weighted by molar-refractivity contribution is -0.122. The maximum Gasteiger partial charge on any atom is 0.262 e. The monoisotopic (exact) mass is 445 g/mol. The SMILES string of the molecule is CCCC(NC(=O)CN1C(=O)c2cc(Cl)c(Cl)cc2C1=O)c1nnc2ccccn12. The van der Waals surface area contributed by atoms with Crippen molar-refractivity contribution in [3.8, 4) is 0 Å². The zero-order chi connectivity index (χ0) is 21.4. The first kappa shape index (κ1) is 20.3. The van der Waals surface area contributed by atoms with Crippen LogP contribution < -0.4 is 5.32 Å². The molecule has 1 N–H and O–H groups in total. The molecule has 1 aliphatic rings. The minimum Gasteiger partial charge on any atom is -0.345 e. The lowest BCUT2D eigenvalue weighted by Gasteiger charge is -2.19. The summed E-state index contributed by atoms with van der Waals surface area (Å²) in [5, 5.41) is 11.5. The Kier molecular flexibility index (Phi) is 5.44. The van der Waals surface area contributed by atoms with Crippen LogP contribution in [0.4, 0.5) is 0 Å². The molecule has 0 saturated carbocycles. The molecule has 0 radical (unpaired) electrons. The van der Waals surface area contributed by atoms with E-state index in [-0.39, 0.29) is 21.2 Å². The van der Waals surface area contributed by atoms with Crippen molar-refractivity contribution in [2.45, 2.75) is 25.8 Å². The molecule has 154 valence electrons. The predicted molar refractivity (Wildman–Crippen MR) is 111 cm³/mol. The number of rotatable bonds is 6. The number of carbonyl (C=O) groups excluding carboxylic acids is 3. The molecule has 30 heavy (non-hydrogen) atoms. The largest absolute Gasteiger partial charge is 0.345 e. The van der Waals surface area contributed by atoms with E-state index in [0.717, 1.165) is 11.3 Å². The minimum absolute atomic E-state index is 0.135. The van der Waals surface area contributed by atoms with Gasteiger partial charge in [0.05, 0.1) is 27.2 Å². The molecule has 0 bridgehead atoms. The van der Waals surface area contributed by atoms with Gasteiger partial charge < -0.3 is 5.32 Å². The fourth-order valence-corrected chi connectivity index (χ4v) is 3.79. The lowest BCUT2D eigenvalue weighted by atomic mass is 10.1. The Hall–Kier alpha value is -2.97. The molecule has 10 heteroatoms. The van der Waals surface area contributed by atoms with Gasteiger partial charge in [0.25, 0.3) is 11.8 Å². The normalized spacial score (nSPS) is 14.3. The first-order valence-electron chi connectivity index (χ1n) is 9.35. The number of amides is 3. The molecule has 0 fully saturated rings. The molecule has 1 aliphatic heterocycles. The number of fused-ring (bicyclic) bond motifs is 2. The van der Waals surface area contributed by atoms with E-state index in [1.54, 1.807) is 4.40 Å². The van der Waals surface area contributed by atoms with Crippen molar-refractivity contribution in [2.24, 2.45) is 0 Å². The summed E-state index contributed by atoms with van der Waals surface area (Å²) in [6.07, 6.45) is 3.22. The standard InChI is InChI=1S/C20H17Cl2N5O3/c1-2-5-15(18-25-24-16-6-3-4-7-26(16)18)23-17(28)10-27-19(29)11-8-13(21)14(22)9-12(11)20(27)30/h3-4,6-9,15H,2,5,10H2,1H3,(H,23,28). The molecule has 1 atom stereocenters. The average Bonchev–Trinajstić information content (AvgIpc) is 3.24. The van der Waals surface area contributed by atoms with E-state index in [1.165, 1.54) is 12.1 Å². The molecule has 1 aromatic carbocycles. The Labute approximate surface area is 181 Å². The van der Waals surface area contributed by atoms with Crippen LogP contribution in [0.1, 0.15) is 52.3 Å².